The Morgan fingerprint density at radius 2 is 1.78 bits per heavy atom. The first-order valence-electron chi connectivity index (χ1n) is 8.73. The molecule has 174 valence electrons. The molecule has 0 unspecified atom stereocenters. The van der Waals surface area contributed by atoms with Crippen LogP contribution in [0.3, 0.4) is 0 Å². The molecule has 0 fully saturated rings. The number of nitrogens with one attached hydrogen (secondary N) is 2. The molecule has 1 aromatic carbocycles. The van der Waals surface area contributed by atoms with Gasteiger partial charge < -0.3 is 15.8 Å². The summed E-state index contributed by atoms with van der Waals surface area (Å²) in [6.07, 6.45) is -6.19. The van der Waals surface area contributed by atoms with E-state index in [1.807, 2.05) is 0 Å². The molecule has 0 radical (unpaired) electrons. The lowest BCUT2D eigenvalue weighted by Crippen LogP contribution is -2.29. The van der Waals surface area contributed by atoms with Crippen molar-refractivity contribution in [3.05, 3.63) is 48.3 Å². The van der Waals surface area contributed by atoms with Gasteiger partial charge in [-0.2, -0.15) is 13.2 Å². The Morgan fingerprint density at radius 1 is 1.19 bits per heavy atom. The number of nitrogens with zero attached hydrogens (tertiary/aromatic N) is 1. The number of sulfonamides is 1. The maximum atomic E-state index is 12.9. The quantitative estimate of drug-likeness (QED) is 0.400. The van der Waals surface area contributed by atoms with E-state index < -0.39 is 28.6 Å². The summed E-state index contributed by atoms with van der Waals surface area (Å²) in [6, 6.07) is 9.22. The number of aromatic nitrogens is 2. The molecule has 14 heteroatoms. The highest BCUT2D eigenvalue weighted by molar-refractivity contribution is 7.89. The van der Waals surface area contributed by atoms with Gasteiger partial charge in [0, 0.05) is 24.7 Å². The highest BCUT2D eigenvalue weighted by atomic mass is 32.2. The summed E-state index contributed by atoms with van der Waals surface area (Å²) in [4.78, 5) is 15.6. The second kappa shape index (κ2) is 10.0. The zero-order valence-corrected chi connectivity index (χ0v) is 16.8. The maximum Gasteiger partial charge on any atom is 0.490 e. The molecule has 0 bridgehead atoms. The first kappa shape index (κ1) is 25.2. The third-order valence-electron chi connectivity index (χ3n) is 3.94. The molecule has 0 aliphatic heterocycles. The number of aliphatic carboxylic acids is 1. The molecule has 2 heterocycles. The number of carbonyl (C=O) groups is 1. The Kier molecular flexibility index (Phi) is 7.87. The highest BCUT2D eigenvalue weighted by Crippen LogP contribution is 2.31. The molecule has 0 amide bonds. The lowest BCUT2D eigenvalue weighted by Gasteiger charge is -2.07. The summed E-state index contributed by atoms with van der Waals surface area (Å²) in [6.45, 7) is 0.348. The van der Waals surface area contributed by atoms with Crippen molar-refractivity contribution in [1.29, 1.82) is 0 Å². The minimum atomic E-state index is -5.08. The van der Waals surface area contributed by atoms with Crippen LogP contribution in [0.1, 0.15) is 12.1 Å². The molecule has 0 aliphatic carbocycles. The van der Waals surface area contributed by atoms with Crippen molar-refractivity contribution in [2.24, 2.45) is 5.73 Å². The van der Waals surface area contributed by atoms with Crippen molar-refractivity contribution >= 4 is 27.0 Å². The van der Waals surface area contributed by atoms with Crippen LogP contribution < -0.4 is 10.5 Å². The van der Waals surface area contributed by atoms with Crippen molar-refractivity contribution < 1.29 is 40.3 Å². The third kappa shape index (κ3) is 6.21. The van der Waals surface area contributed by atoms with E-state index in [9.17, 15) is 30.4 Å². The van der Waals surface area contributed by atoms with E-state index in [4.69, 9.17) is 15.6 Å². The van der Waals surface area contributed by atoms with Gasteiger partial charge in [0.25, 0.3) is 6.43 Å². The van der Waals surface area contributed by atoms with E-state index in [-0.39, 0.29) is 23.7 Å². The molecule has 0 saturated carbocycles. The van der Waals surface area contributed by atoms with Crippen LogP contribution >= 0.6 is 0 Å². The number of hydrogen-bond acceptors (Lipinski definition) is 5. The van der Waals surface area contributed by atoms with Gasteiger partial charge in [-0.15, -0.1) is 0 Å². The molecule has 3 rings (SSSR count). The van der Waals surface area contributed by atoms with Crippen LogP contribution in [0.15, 0.2) is 47.5 Å². The number of H-pyrrole nitrogens is 1. The largest absolute Gasteiger partial charge is 0.490 e. The van der Waals surface area contributed by atoms with Crippen molar-refractivity contribution in [2.75, 3.05) is 13.1 Å². The number of rotatable bonds is 6. The first-order chi connectivity index (χ1) is 14.9. The zero-order chi connectivity index (χ0) is 24.1. The summed E-state index contributed by atoms with van der Waals surface area (Å²) in [5, 5.41) is 7.68. The number of carboxylic acid groups (broad SMARTS) is 1. The summed E-state index contributed by atoms with van der Waals surface area (Å²) < 4.78 is 84.0. The molecule has 0 atom stereocenters. The van der Waals surface area contributed by atoms with Crippen molar-refractivity contribution in [3.63, 3.8) is 0 Å². The van der Waals surface area contributed by atoms with Gasteiger partial charge in [0.2, 0.25) is 10.0 Å². The van der Waals surface area contributed by atoms with Gasteiger partial charge in [-0.3, -0.25) is 0 Å². The van der Waals surface area contributed by atoms with Gasteiger partial charge in [-0.05, 0) is 35.4 Å². The lowest BCUT2D eigenvalue weighted by molar-refractivity contribution is -0.192. The van der Waals surface area contributed by atoms with Crippen molar-refractivity contribution in [2.45, 2.75) is 17.5 Å². The fourth-order valence-electron chi connectivity index (χ4n) is 2.51. The molecule has 32 heavy (non-hydrogen) atoms. The number of fused-ring (bicyclic) bond motifs is 1. The molecule has 8 nitrogen and oxygen atoms in total. The summed E-state index contributed by atoms with van der Waals surface area (Å²) >= 11 is 0. The summed E-state index contributed by atoms with van der Waals surface area (Å²) in [5.74, 6) is -2.76. The predicted molar refractivity (Wildman–Crippen MR) is 104 cm³/mol. The molecule has 0 spiro atoms. The average molecular weight is 480 g/mol. The van der Waals surface area contributed by atoms with Crippen LogP contribution in [-0.4, -0.2) is 48.7 Å². The van der Waals surface area contributed by atoms with Gasteiger partial charge in [0.15, 0.2) is 0 Å². The fraction of sp³-hybridized carbons (Fsp3) is 0.222. The van der Waals surface area contributed by atoms with Gasteiger partial charge in [0.1, 0.15) is 5.65 Å². The van der Waals surface area contributed by atoms with Crippen LogP contribution in [0.25, 0.3) is 22.2 Å². The molecular formula is C18H17F5N4O4S. The number of benzene rings is 1. The van der Waals surface area contributed by atoms with Crippen molar-refractivity contribution in [3.8, 4) is 11.1 Å². The molecule has 2 aromatic heterocycles. The van der Waals surface area contributed by atoms with Crippen LogP contribution in [0.2, 0.25) is 0 Å². The summed E-state index contributed by atoms with van der Waals surface area (Å²) in [5.41, 5.74) is 6.83. The summed E-state index contributed by atoms with van der Waals surface area (Å²) in [7, 11) is -3.62. The molecule has 5 N–H and O–H groups in total. The third-order valence-corrected chi connectivity index (χ3v) is 5.42. The SMILES string of the molecule is NCCNS(=O)(=O)c1ccc(-c2ccnc3[nH]c(C(F)F)cc23)cc1.O=C(O)C(F)(F)F. The topological polar surface area (TPSA) is 138 Å². The smallest absolute Gasteiger partial charge is 0.475 e. The second-order valence-corrected chi connectivity index (χ2v) is 7.93. The maximum absolute atomic E-state index is 12.9. The minimum Gasteiger partial charge on any atom is -0.475 e. The molecule has 0 aliphatic rings. The fourth-order valence-corrected chi connectivity index (χ4v) is 3.55. The Balaban J connectivity index is 0.000000451. The second-order valence-electron chi connectivity index (χ2n) is 6.16. The van der Waals surface area contributed by atoms with E-state index in [2.05, 4.69) is 14.7 Å². The number of alkyl halides is 5. The van der Waals surface area contributed by atoms with E-state index in [1.54, 1.807) is 18.2 Å². The predicted octanol–water partition coefficient (Wildman–Crippen LogP) is 3.04. The molecular weight excluding hydrogens is 463 g/mol. The first-order valence-corrected chi connectivity index (χ1v) is 10.2. The van der Waals surface area contributed by atoms with Crippen LogP contribution in [0, 0.1) is 0 Å². The van der Waals surface area contributed by atoms with Gasteiger partial charge in [0.05, 0.1) is 10.6 Å². The number of halogens is 5. The average Bonchev–Trinajstić information content (AvgIpc) is 3.17. The van der Waals surface area contributed by atoms with E-state index in [0.717, 1.165) is 0 Å². The number of pyridine rings is 1. The van der Waals surface area contributed by atoms with E-state index in [1.165, 1.54) is 24.4 Å². The monoisotopic (exact) mass is 480 g/mol. The zero-order valence-electron chi connectivity index (χ0n) is 16.0. The van der Waals surface area contributed by atoms with Crippen LogP contribution in [-0.2, 0) is 14.8 Å². The Hall–Kier alpha value is -3.10. The minimum absolute atomic E-state index is 0.109. The Bertz CT molecular complexity index is 1180. The number of hydrogen-bond donors (Lipinski definition) is 4. The van der Waals surface area contributed by atoms with Crippen molar-refractivity contribution in [1.82, 2.24) is 14.7 Å². The van der Waals surface area contributed by atoms with Crippen LogP contribution in [0.4, 0.5) is 22.0 Å². The Labute approximate surface area is 178 Å². The molecule has 3 aromatic rings. The van der Waals surface area contributed by atoms with Gasteiger partial charge in [-0.1, -0.05) is 12.1 Å². The van der Waals surface area contributed by atoms with E-state index in [0.29, 0.717) is 22.2 Å². The Morgan fingerprint density at radius 3 is 2.28 bits per heavy atom. The van der Waals surface area contributed by atoms with Gasteiger partial charge >= 0.3 is 12.1 Å². The highest BCUT2D eigenvalue weighted by Gasteiger charge is 2.38. The number of nitrogens with two attached hydrogens (primary N) is 1. The van der Waals surface area contributed by atoms with Gasteiger partial charge in [-0.25, -0.2) is 31.7 Å². The number of carboxylic acids is 1. The molecule has 0 saturated heterocycles. The standard InChI is InChI=1S/C16H16F2N4O2S.C2HF3O2/c17-15(18)14-9-13-12(5-7-20-16(13)22-14)10-1-3-11(4-2-10)25(23,24)21-8-6-19;3-2(4,5)1(6)7/h1-5,7,9,15,21H,6,8,19H2,(H,20,22);(H,6,7). The normalized spacial score (nSPS) is 12.0. The van der Waals surface area contributed by atoms with Crippen LogP contribution in [0.5, 0.6) is 0 Å². The van der Waals surface area contributed by atoms with E-state index >= 15 is 0 Å². The number of aromatic amines is 1. The lowest BCUT2D eigenvalue weighted by atomic mass is 10.0.